The van der Waals surface area contributed by atoms with Crippen LogP contribution in [0.2, 0.25) is 0 Å². The molecule has 0 saturated heterocycles. The molecular weight excluding hydrogens is 297 g/mol. The van der Waals surface area contributed by atoms with E-state index in [-0.39, 0.29) is 5.82 Å². The van der Waals surface area contributed by atoms with Gasteiger partial charge in [-0.1, -0.05) is 12.1 Å². The van der Waals surface area contributed by atoms with Gasteiger partial charge in [-0.15, -0.1) is 20.4 Å². The molecule has 0 amide bonds. The number of benzene rings is 1. The third-order valence-electron chi connectivity index (χ3n) is 3.27. The van der Waals surface area contributed by atoms with Gasteiger partial charge in [0.1, 0.15) is 6.33 Å². The largest absolute Gasteiger partial charge is 0.416 e. The first-order valence-electron chi connectivity index (χ1n) is 6.26. The van der Waals surface area contributed by atoms with Crippen LogP contribution in [0.5, 0.6) is 0 Å². The van der Waals surface area contributed by atoms with Gasteiger partial charge in [-0.05, 0) is 24.3 Å². The molecule has 4 aromatic rings. The number of fused-ring (bicyclic) bond motifs is 3. The smallest absolute Gasteiger partial charge is 0.213 e. The monoisotopic (exact) mass is 304 g/mol. The van der Waals surface area contributed by atoms with E-state index in [9.17, 15) is 13.2 Å². The van der Waals surface area contributed by atoms with E-state index >= 15 is 0 Å². The lowest BCUT2D eigenvalue weighted by atomic mass is 10.1. The second-order valence-corrected chi connectivity index (χ2v) is 4.64. The maximum Gasteiger partial charge on any atom is 0.416 e. The summed E-state index contributed by atoms with van der Waals surface area (Å²) in [5.41, 5.74) is 0.599. The molecule has 3 aromatic heterocycles. The first kappa shape index (κ1) is 12.7. The fraction of sp³-hybridized carbons (Fsp3) is 0.0769. The van der Waals surface area contributed by atoms with Crippen molar-refractivity contribution in [3.63, 3.8) is 0 Å². The van der Waals surface area contributed by atoms with E-state index in [0.717, 1.165) is 12.1 Å². The van der Waals surface area contributed by atoms with E-state index < -0.39 is 11.7 Å². The van der Waals surface area contributed by atoms with E-state index in [2.05, 4.69) is 20.4 Å². The highest BCUT2D eigenvalue weighted by atomic mass is 19.4. The van der Waals surface area contributed by atoms with Crippen molar-refractivity contribution in [3.05, 3.63) is 48.3 Å². The van der Waals surface area contributed by atoms with Gasteiger partial charge in [-0.25, -0.2) is 9.03 Å². The first-order valence-corrected chi connectivity index (χ1v) is 6.26. The lowest BCUT2D eigenvalue weighted by Crippen LogP contribution is -2.05. The zero-order chi connectivity index (χ0) is 15.3. The molecule has 0 atom stereocenters. The molecule has 1 aromatic carbocycles. The van der Waals surface area contributed by atoms with Crippen LogP contribution in [0, 0.1) is 0 Å². The number of hydrogen-bond acceptors (Lipinski definition) is 4. The number of alkyl halides is 3. The van der Waals surface area contributed by atoms with Crippen LogP contribution in [-0.2, 0) is 6.18 Å². The summed E-state index contributed by atoms with van der Waals surface area (Å²) in [6.07, 6.45) is -2.97. The zero-order valence-electron chi connectivity index (χ0n) is 10.9. The molecule has 6 nitrogen and oxygen atoms in total. The van der Waals surface area contributed by atoms with Crippen LogP contribution in [0.15, 0.2) is 42.7 Å². The summed E-state index contributed by atoms with van der Waals surface area (Å²) in [6, 6.07) is 8.32. The van der Waals surface area contributed by atoms with Crippen molar-refractivity contribution >= 4 is 11.3 Å². The minimum absolute atomic E-state index is 0.284. The second kappa shape index (κ2) is 4.26. The van der Waals surface area contributed by atoms with Gasteiger partial charge in [-0.3, -0.25) is 0 Å². The number of aromatic nitrogens is 6. The van der Waals surface area contributed by atoms with E-state index in [0.29, 0.717) is 16.9 Å². The number of hydrogen-bond donors (Lipinski definition) is 0. The fourth-order valence-corrected chi connectivity index (χ4v) is 2.27. The first-order chi connectivity index (χ1) is 10.5. The summed E-state index contributed by atoms with van der Waals surface area (Å²) in [5.74, 6) is 0.284. The van der Waals surface area contributed by atoms with Gasteiger partial charge < -0.3 is 0 Å². The molecule has 0 saturated carbocycles. The predicted octanol–water partition coefficient (Wildman–Crippen LogP) is 2.46. The summed E-state index contributed by atoms with van der Waals surface area (Å²) >= 11 is 0. The second-order valence-electron chi connectivity index (χ2n) is 4.64. The zero-order valence-corrected chi connectivity index (χ0v) is 10.9. The molecule has 0 bridgehead atoms. The molecule has 0 aliphatic carbocycles. The molecule has 0 N–H and O–H groups in total. The van der Waals surface area contributed by atoms with Gasteiger partial charge in [0.15, 0.2) is 17.1 Å². The van der Waals surface area contributed by atoms with Crippen molar-refractivity contribution in [3.8, 4) is 11.4 Å². The van der Waals surface area contributed by atoms with Crippen LogP contribution in [0.4, 0.5) is 13.2 Å². The van der Waals surface area contributed by atoms with Crippen molar-refractivity contribution in [2.24, 2.45) is 0 Å². The lowest BCUT2D eigenvalue weighted by Gasteiger charge is -2.08. The summed E-state index contributed by atoms with van der Waals surface area (Å²) in [5, 5.41) is 15.6. The van der Waals surface area contributed by atoms with E-state index in [1.807, 2.05) is 0 Å². The highest BCUT2D eigenvalue weighted by Gasteiger charge is 2.30. The van der Waals surface area contributed by atoms with Crippen molar-refractivity contribution in [2.75, 3.05) is 0 Å². The molecule has 0 aliphatic heterocycles. The van der Waals surface area contributed by atoms with Gasteiger partial charge >= 0.3 is 6.18 Å². The average molecular weight is 304 g/mol. The molecule has 4 rings (SSSR count). The molecule has 3 heterocycles. The highest BCUT2D eigenvalue weighted by molar-refractivity contribution is 5.61. The van der Waals surface area contributed by atoms with E-state index in [1.54, 1.807) is 27.2 Å². The molecule has 0 fully saturated rings. The Kier molecular flexibility index (Phi) is 2.47. The normalized spacial score (nSPS) is 12.3. The van der Waals surface area contributed by atoms with Crippen molar-refractivity contribution < 1.29 is 13.2 Å². The van der Waals surface area contributed by atoms with Gasteiger partial charge in [0.05, 0.1) is 5.56 Å². The Labute approximate surface area is 120 Å². The molecule has 0 aliphatic rings. The van der Waals surface area contributed by atoms with Crippen LogP contribution < -0.4 is 0 Å². The van der Waals surface area contributed by atoms with Crippen LogP contribution in [0.3, 0.4) is 0 Å². The molecule has 22 heavy (non-hydrogen) atoms. The number of halogens is 3. The third kappa shape index (κ3) is 1.82. The minimum atomic E-state index is -4.41. The summed E-state index contributed by atoms with van der Waals surface area (Å²) in [4.78, 5) is 0. The molecule has 0 unspecified atom stereocenters. The average Bonchev–Trinajstić information content (AvgIpc) is 3.12. The fourth-order valence-electron chi connectivity index (χ4n) is 2.27. The highest BCUT2D eigenvalue weighted by Crippen LogP contribution is 2.31. The molecule has 0 radical (unpaired) electrons. The van der Waals surface area contributed by atoms with Crippen LogP contribution >= 0.6 is 0 Å². The Morgan fingerprint density at radius 3 is 2.55 bits per heavy atom. The summed E-state index contributed by atoms with van der Waals surface area (Å²) < 4.78 is 41.7. The van der Waals surface area contributed by atoms with Crippen molar-refractivity contribution in [1.29, 1.82) is 0 Å². The molecule has 110 valence electrons. The Hall–Kier alpha value is -2.97. The molecule has 9 heteroatoms. The summed E-state index contributed by atoms with van der Waals surface area (Å²) in [6.45, 7) is 0. The Morgan fingerprint density at radius 1 is 0.909 bits per heavy atom. The van der Waals surface area contributed by atoms with Gasteiger partial charge in [-0.2, -0.15) is 13.2 Å². The maximum atomic E-state index is 12.9. The number of rotatable bonds is 1. The van der Waals surface area contributed by atoms with Crippen LogP contribution in [0.1, 0.15) is 5.56 Å². The van der Waals surface area contributed by atoms with Crippen molar-refractivity contribution in [1.82, 2.24) is 29.4 Å². The van der Waals surface area contributed by atoms with Gasteiger partial charge in [0.2, 0.25) is 0 Å². The maximum absolute atomic E-state index is 12.9. The van der Waals surface area contributed by atoms with Crippen molar-refractivity contribution in [2.45, 2.75) is 6.18 Å². The Morgan fingerprint density at radius 2 is 1.73 bits per heavy atom. The van der Waals surface area contributed by atoms with Gasteiger partial charge in [0.25, 0.3) is 0 Å². The minimum Gasteiger partial charge on any atom is -0.213 e. The summed E-state index contributed by atoms with van der Waals surface area (Å²) in [7, 11) is 0. The van der Waals surface area contributed by atoms with E-state index in [4.69, 9.17) is 0 Å². The topological polar surface area (TPSA) is 60.4 Å². The number of nitrogens with zero attached hydrogens (tertiary/aromatic N) is 6. The third-order valence-corrected chi connectivity index (χ3v) is 3.27. The molecule has 0 spiro atoms. The quantitative estimate of drug-likeness (QED) is 0.542. The SMILES string of the molecule is FC(F)(F)c1cccc(-c2nnc3ccc4nncn4n23)c1. The lowest BCUT2D eigenvalue weighted by molar-refractivity contribution is -0.137. The van der Waals surface area contributed by atoms with Crippen LogP contribution in [-0.4, -0.2) is 29.4 Å². The van der Waals surface area contributed by atoms with Crippen LogP contribution in [0.25, 0.3) is 22.7 Å². The Balaban J connectivity index is 2.00. The predicted molar refractivity (Wildman–Crippen MR) is 70.0 cm³/mol. The Bertz CT molecular complexity index is 984. The van der Waals surface area contributed by atoms with Gasteiger partial charge in [0, 0.05) is 5.56 Å². The standard InChI is InChI=1S/C13H7F3N6/c14-13(15,16)9-3-1-2-8(6-9)12-20-19-11-5-4-10-18-17-7-21(10)22(11)12/h1-7H. The molecular formula is C13H7F3N6. The van der Waals surface area contributed by atoms with E-state index in [1.165, 1.54) is 12.4 Å².